The quantitative estimate of drug-likeness (QED) is 0.496. The Hall–Kier alpha value is -1.93. The van der Waals surface area contributed by atoms with Crippen LogP contribution in [0.1, 0.15) is 29.8 Å². The summed E-state index contributed by atoms with van der Waals surface area (Å²) in [6, 6.07) is 3.96. The molecule has 5 heteroatoms. The number of nitriles is 1. The highest BCUT2D eigenvalue weighted by molar-refractivity contribution is 8.08. The van der Waals surface area contributed by atoms with Crippen molar-refractivity contribution in [2.45, 2.75) is 25.7 Å². The minimum atomic E-state index is -0.688. The zero-order valence-electron chi connectivity index (χ0n) is 11.2. The number of amides is 1. The normalized spacial score (nSPS) is 14.9. The van der Waals surface area contributed by atoms with Gasteiger partial charge in [-0.3, -0.25) is 4.79 Å². The molecule has 2 rings (SSSR count). The SMILES string of the molecule is C=CCS/C(=C(/C#N)C(N)=O)c1cc2c([nH]1)CCCC2. The van der Waals surface area contributed by atoms with E-state index in [4.69, 9.17) is 11.0 Å². The summed E-state index contributed by atoms with van der Waals surface area (Å²) >= 11 is 1.41. The third kappa shape index (κ3) is 2.97. The predicted molar refractivity (Wildman–Crippen MR) is 81.8 cm³/mol. The van der Waals surface area contributed by atoms with Gasteiger partial charge in [-0.25, -0.2) is 0 Å². The third-order valence-electron chi connectivity index (χ3n) is 3.29. The number of H-pyrrole nitrogens is 1. The lowest BCUT2D eigenvalue weighted by atomic mass is 9.98. The molecule has 0 fully saturated rings. The lowest BCUT2D eigenvalue weighted by Crippen LogP contribution is -2.14. The molecule has 0 unspecified atom stereocenters. The molecule has 0 radical (unpaired) electrons. The highest BCUT2D eigenvalue weighted by Crippen LogP contribution is 2.33. The van der Waals surface area contributed by atoms with Crippen LogP contribution in [0.15, 0.2) is 24.3 Å². The van der Waals surface area contributed by atoms with Crippen molar-refractivity contribution >= 4 is 22.6 Å². The summed E-state index contributed by atoms with van der Waals surface area (Å²) in [6.07, 6.45) is 6.16. The Balaban J connectivity index is 2.46. The maximum absolute atomic E-state index is 11.4. The zero-order chi connectivity index (χ0) is 14.5. The first-order chi connectivity index (χ1) is 9.67. The van der Waals surface area contributed by atoms with Gasteiger partial charge in [0.05, 0.1) is 10.6 Å². The molecule has 20 heavy (non-hydrogen) atoms. The van der Waals surface area contributed by atoms with Crippen LogP contribution in [0.4, 0.5) is 0 Å². The number of rotatable bonds is 5. The molecule has 0 saturated carbocycles. The Morgan fingerprint density at radius 1 is 1.55 bits per heavy atom. The molecule has 1 amide bonds. The number of thioether (sulfide) groups is 1. The first-order valence-electron chi connectivity index (χ1n) is 6.56. The van der Waals surface area contributed by atoms with E-state index in [-0.39, 0.29) is 5.57 Å². The molecule has 1 aliphatic carbocycles. The van der Waals surface area contributed by atoms with Gasteiger partial charge in [0.1, 0.15) is 11.6 Å². The Labute approximate surface area is 122 Å². The molecule has 0 saturated heterocycles. The number of nitrogens with two attached hydrogens (primary N) is 1. The van der Waals surface area contributed by atoms with E-state index in [9.17, 15) is 4.79 Å². The fraction of sp³-hybridized carbons (Fsp3) is 0.333. The highest BCUT2D eigenvalue weighted by atomic mass is 32.2. The van der Waals surface area contributed by atoms with Gasteiger partial charge in [-0.2, -0.15) is 5.26 Å². The van der Waals surface area contributed by atoms with Crippen LogP contribution < -0.4 is 5.73 Å². The van der Waals surface area contributed by atoms with E-state index in [0.717, 1.165) is 18.5 Å². The Morgan fingerprint density at radius 3 is 2.90 bits per heavy atom. The summed E-state index contributed by atoms with van der Waals surface area (Å²) in [5.41, 5.74) is 8.63. The number of nitrogens with zero attached hydrogens (tertiary/aromatic N) is 1. The summed E-state index contributed by atoms with van der Waals surface area (Å²) < 4.78 is 0. The van der Waals surface area contributed by atoms with Gasteiger partial charge in [-0.05, 0) is 37.3 Å². The second-order valence-corrected chi connectivity index (χ2v) is 5.70. The lowest BCUT2D eigenvalue weighted by molar-refractivity contribution is -0.114. The minimum Gasteiger partial charge on any atom is -0.365 e. The second kappa shape index (κ2) is 6.49. The molecule has 4 nitrogen and oxygen atoms in total. The summed E-state index contributed by atoms with van der Waals surface area (Å²) in [6.45, 7) is 3.67. The van der Waals surface area contributed by atoms with E-state index in [1.165, 1.54) is 35.9 Å². The summed E-state index contributed by atoms with van der Waals surface area (Å²) in [7, 11) is 0. The Bertz CT molecular complexity index is 584. The van der Waals surface area contributed by atoms with Crippen LogP contribution in [0, 0.1) is 11.3 Å². The van der Waals surface area contributed by atoms with Crippen LogP contribution in [0.3, 0.4) is 0 Å². The van der Waals surface area contributed by atoms with Crippen LogP contribution in [-0.4, -0.2) is 16.6 Å². The molecule has 0 spiro atoms. The molecule has 0 atom stereocenters. The van der Waals surface area contributed by atoms with Crippen molar-refractivity contribution in [1.82, 2.24) is 4.98 Å². The Kier molecular flexibility index (Phi) is 4.70. The van der Waals surface area contributed by atoms with Gasteiger partial charge in [0.15, 0.2) is 0 Å². The van der Waals surface area contributed by atoms with E-state index in [1.54, 1.807) is 6.08 Å². The van der Waals surface area contributed by atoms with Gasteiger partial charge < -0.3 is 10.7 Å². The molecule has 1 aromatic rings. The van der Waals surface area contributed by atoms with E-state index >= 15 is 0 Å². The smallest absolute Gasteiger partial charge is 0.260 e. The van der Waals surface area contributed by atoms with Gasteiger partial charge in [-0.1, -0.05) is 6.08 Å². The standard InChI is InChI=1S/C15H17N3OS/c1-2-7-20-14(11(9-16)15(17)19)13-8-10-5-3-4-6-12(10)18-13/h2,8,18H,1,3-7H2,(H2,17,19)/b14-11-. The number of hydrogen-bond donors (Lipinski definition) is 2. The summed E-state index contributed by atoms with van der Waals surface area (Å²) in [5.74, 6) is -0.0658. The van der Waals surface area contributed by atoms with Crippen LogP contribution in [0.5, 0.6) is 0 Å². The van der Waals surface area contributed by atoms with Crippen molar-refractivity contribution in [3.63, 3.8) is 0 Å². The molecule has 1 aromatic heterocycles. The van der Waals surface area contributed by atoms with Crippen molar-refractivity contribution < 1.29 is 4.79 Å². The van der Waals surface area contributed by atoms with E-state index in [0.29, 0.717) is 10.7 Å². The summed E-state index contributed by atoms with van der Waals surface area (Å²) in [4.78, 5) is 15.4. The lowest BCUT2D eigenvalue weighted by Gasteiger charge is -2.09. The maximum atomic E-state index is 11.4. The fourth-order valence-electron chi connectivity index (χ4n) is 2.37. The highest BCUT2D eigenvalue weighted by Gasteiger charge is 2.19. The molecule has 0 aliphatic heterocycles. The number of nitrogens with one attached hydrogen (secondary N) is 1. The van der Waals surface area contributed by atoms with E-state index in [2.05, 4.69) is 11.6 Å². The van der Waals surface area contributed by atoms with Gasteiger partial charge in [0.25, 0.3) is 5.91 Å². The average Bonchev–Trinajstić information content (AvgIpc) is 2.86. The van der Waals surface area contributed by atoms with Crippen molar-refractivity contribution in [3.8, 4) is 6.07 Å². The van der Waals surface area contributed by atoms with Crippen molar-refractivity contribution in [3.05, 3.63) is 41.2 Å². The van der Waals surface area contributed by atoms with Gasteiger partial charge in [0.2, 0.25) is 0 Å². The topological polar surface area (TPSA) is 82.7 Å². The molecular formula is C15H17N3OS. The van der Waals surface area contributed by atoms with Crippen LogP contribution >= 0.6 is 11.8 Å². The van der Waals surface area contributed by atoms with Gasteiger partial charge >= 0.3 is 0 Å². The van der Waals surface area contributed by atoms with Crippen molar-refractivity contribution in [2.75, 3.05) is 5.75 Å². The predicted octanol–water partition coefficient (Wildman–Crippen LogP) is 2.53. The summed E-state index contributed by atoms with van der Waals surface area (Å²) in [5, 5.41) is 9.17. The zero-order valence-corrected chi connectivity index (χ0v) is 12.1. The number of primary amides is 1. The van der Waals surface area contributed by atoms with Gasteiger partial charge in [0, 0.05) is 11.4 Å². The number of fused-ring (bicyclic) bond motifs is 1. The van der Waals surface area contributed by atoms with Crippen molar-refractivity contribution in [2.24, 2.45) is 5.73 Å². The second-order valence-electron chi connectivity index (χ2n) is 4.67. The van der Waals surface area contributed by atoms with Crippen LogP contribution in [-0.2, 0) is 17.6 Å². The van der Waals surface area contributed by atoms with Crippen molar-refractivity contribution in [1.29, 1.82) is 5.26 Å². The number of aryl methyl sites for hydroxylation is 2. The molecule has 0 aromatic carbocycles. The van der Waals surface area contributed by atoms with Crippen LogP contribution in [0.25, 0.3) is 4.91 Å². The average molecular weight is 287 g/mol. The molecule has 3 N–H and O–H groups in total. The maximum Gasteiger partial charge on any atom is 0.260 e. The van der Waals surface area contributed by atoms with E-state index in [1.807, 2.05) is 12.1 Å². The number of carbonyl (C=O) groups is 1. The largest absolute Gasteiger partial charge is 0.365 e. The first kappa shape index (κ1) is 14.5. The number of carbonyl (C=O) groups excluding carboxylic acids is 1. The molecule has 1 heterocycles. The van der Waals surface area contributed by atoms with Crippen LogP contribution in [0.2, 0.25) is 0 Å². The molecular weight excluding hydrogens is 270 g/mol. The number of hydrogen-bond acceptors (Lipinski definition) is 3. The molecule has 0 bridgehead atoms. The molecule has 104 valence electrons. The van der Waals surface area contributed by atoms with E-state index < -0.39 is 5.91 Å². The minimum absolute atomic E-state index is 0.00967. The third-order valence-corrected chi connectivity index (χ3v) is 4.41. The first-order valence-corrected chi connectivity index (χ1v) is 7.55. The van der Waals surface area contributed by atoms with Gasteiger partial charge in [-0.15, -0.1) is 18.3 Å². The monoisotopic (exact) mass is 287 g/mol. The Morgan fingerprint density at radius 2 is 2.30 bits per heavy atom. The number of aromatic amines is 1. The number of aromatic nitrogens is 1. The molecule has 1 aliphatic rings. The fourth-order valence-corrected chi connectivity index (χ4v) is 3.21.